The SMILES string of the molecule is O=C(Nc1ccc(Br)c(F)c1)c1cnn2ccncc12. The Labute approximate surface area is 121 Å². The summed E-state index contributed by atoms with van der Waals surface area (Å²) in [6.07, 6.45) is 6.21. The number of hydrogen-bond donors (Lipinski definition) is 1. The summed E-state index contributed by atoms with van der Waals surface area (Å²) < 4.78 is 15.3. The number of rotatable bonds is 2. The van der Waals surface area contributed by atoms with E-state index in [1.54, 1.807) is 29.2 Å². The number of fused-ring (bicyclic) bond motifs is 1. The zero-order chi connectivity index (χ0) is 14.1. The zero-order valence-electron chi connectivity index (χ0n) is 10.0. The van der Waals surface area contributed by atoms with Crippen molar-refractivity contribution in [3.8, 4) is 0 Å². The molecule has 0 saturated heterocycles. The van der Waals surface area contributed by atoms with Gasteiger partial charge in [-0.1, -0.05) is 0 Å². The first-order valence-corrected chi connectivity index (χ1v) is 6.48. The molecule has 5 nitrogen and oxygen atoms in total. The molecule has 2 aromatic heterocycles. The van der Waals surface area contributed by atoms with Crippen LogP contribution < -0.4 is 5.32 Å². The molecule has 20 heavy (non-hydrogen) atoms. The highest BCUT2D eigenvalue weighted by molar-refractivity contribution is 9.10. The Hall–Kier alpha value is -2.28. The Bertz CT molecular complexity index is 802. The van der Waals surface area contributed by atoms with Crippen LogP contribution in [0, 0.1) is 5.82 Å². The maximum Gasteiger partial charge on any atom is 0.259 e. The molecule has 0 aliphatic rings. The van der Waals surface area contributed by atoms with Crippen LogP contribution in [-0.2, 0) is 0 Å². The van der Waals surface area contributed by atoms with E-state index >= 15 is 0 Å². The number of anilines is 1. The van der Waals surface area contributed by atoms with Gasteiger partial charge < -0.3 is 5.32 Å². The van der Waals surface area contributed by atoms with Gasteiger partial charge in [0, 0.05) is 18.1 Å². The molecule has 0 aliphatic carbocycles. The van der Waals surface area contributed by atoms with Crippen LogP contribution in [0.5, 0.6) is 0 Å². The van der Waals surface area contributed by atoms with Gasteiger partial charge in [0.1, 0.15) is 5.82 Å². The van der Waals surface area contributed by atoms with Crippen molar-refractivity contribution in [3.05, 3.63) is 58.8 Å². The maximum atomic E-state index is 13.4. The highest BCUT2D eigenvalue weighted by atomic mass is 79.9. The highest BCUT2D eigenvalue weighted by Gasteiger charge is 2.13. The summed E-state index contributed by atoms with van der Waals surface area (Å²) in [6.45, 7) is 0. The summed E-state index contributed by atoms with van der Waals surface area (Å²) in [5.74, 6) is -0.806. The van der Waals surface area contributed by atoms with E-state index in [0.717, 1.165) is 0 Å². The maximum absolute atomic E-state index is 13.4. The topological polar surface area (TPSA) is 59.3 Å². The Kier molecular flexibility index (Phi) is 3.19. The van der Waals surface area contributed by atoms with Crippen molar-refractivity contribution in [1.29, 1.82) is 0 Å². The largest absolute Gasteiger partial charge is 0.322 e. The van der Waals surface area contributed by atoms with Crippen molar-refractivity contribution >= 4 is 33.0 Å². The summed E-state index contributed by atoms with van der Waals surface area (Å²) in [7, 11) is 0. The molecule has 3 rings (SSSR count). The lowest BCUT2D eigenvalue weighted by atomic mass is 10.2. The molecule has 0 bridgehead atoms. The Balaban J connectivity index is 1.91. The van der Waals surface area contributed by atoms with E-state index < -0.39 is 5.82 Å². The molecule has 0 unspecified atom stereocenters. The molecular formula is C13H8BrFN4O. The van der Waals surface area contributed by atoms with Gasteiger partial charge in [-0.3, -0.25) is 9.78 Å². The monoisotopic (exact) mass is 334 g/mol. The van der Waals surface area contributed by atoms with E-state index in [9.17, 15) is 9.18 Å². The Morgan fingerprint density at radius 2 is 2.20 bits per heavy atom. The fraction of sp³-hybridized carbons (Fsp3) is 0. The lowest BCUT2D eigenvalue weighted by molar-refractivity contribution is 0.102. The molecule has 1 aromatic carbocycles. The summed E-state index contributed by atoms with van der Waals surface area (Å²) in [4.78, 5) is 16.1. The van der Waals surface area contributed by atoms with Crippen LogP contribution in [0.1, 0.15) is 10.4 Å². The number of benzene rings is 1. The molecule has 3 aromatic rings. The fourth-order valence-corrected chi connectivity index (χ4v) is 2.03. The third-order valence-electron chi connectivity index (χ3n) is 2.75. The molecule has 7 heteroatoms. The van der Waals surface area contributed by atoms with Gasteiger partial charge >= 0.3 is 0 Å². The predicted octanol–water partition coefficient (Wildman–Crippen LogP) is 2.88. The van der Waals surface area contributed by atoms with Crippen LogP contribution in [0.2, 0.25) is 0 Å². The van der Waals surface area contributed by atoms with E-state index in [1.165, 1.54) is 18.3 Å². The first kappa shape index (κ1) is 12.7. The second kappa shape index (κ2) is 5.01. The molecule has 1 amide bonds. The molecule has 0 fully saturated rings. The third kappa shape index (κ3) is 2.27. The standard InChI is InChI=1S/C13H8BrFN4O/c14-10-2-1-8(5-11(10)15)18-13(20)9-6-17-19-4-3-16-7-12(9)19/h1-7H,(H,18,20). The number of nitrogens with zero attached hydrogens (tertiary/aromatic N) is 3. The number of hydrogen-bond acceptors (Lipinski definition) is 3. The number of halogens is 2. The van der Waals surface area contributed by atoms with Crippen LogP contribution in [0.15, 0.2) is 47.5 Å². The molecule has 2 heterocycles. The van der Waals surface area contributed by atoms with Crippen molar-refractivity contribution in [3.63, 3.8) is 0 Å². The van der Waals surface area contributed by atoms with Crippen LogP contribution in [-0.4, -0.2) is 20.5 Å². The van der Waals surface area contributed by atoms with Crippen molar-refractivity contribution in [2.45, 2.75) is 0 Å². The second-order valence-corrected chi connectivity index (χ2v) is 4.90. The molecule has 0 atom stereocenters. The molecule has 0 radical (unpaired) electrons. The second-order valence-electron chi connectivity index (χ2n) is 4.05. The van der Waals surface area contributed by atoms with E-state index in [2.05, 4.69) is 31.3 Å². The van der Waals surface area contributed by atoms with Crippen LogP contribution >= 0.6 is 15.9 Å². The normalized spacial score (nSPS) is 10.7. The van der Waals surface area contributed by atoms with E-state index in [0.29, 0.717) is 21.2 Å². The van der Waals surface area contributed by atoms with Crippen molar-refractivity contribution in [1.82, 2.24) is 14.6 Å². The van der Waals surface area contributed by atoms with Crippen molar-refractivity contribution < 1.29 is 9.18 Å². The van der Waals surface area contributed by atoms with Gasteiger partial charge in [-0.25, -0.2) is 8.91 Å². The molecule has 0 aliphatic heterocycles. The fourth-order valence-electron chi connectivity index (χ4n) is 1.78. The van der Waals surface area contributed by atoms with Gasteiger partial charge in [0.2, 0.25) is 0 Å². The van der Waals surface area contributed by atoms with Crippen LogP contribution in [0.4, 0.5) is 10.1 Å². The van der Waals surface area contributed by atoms with Crippen molar-refractivity contribution in [2.75, 3.05) is 5.32 Å². The predicted molar refractivity (Wildman–Crippen MR) is 75.0 cm³/mol. The quantitative estimate of drug-likeness (QED) is 0.783. The molecule has 0 spiro atoms. The minimum absolute atomic E-state index is 0.343. The average molecular weight is 335 g/mol. The smallest absolute Gasteiger partial charge is 0.259 e. The van der Waals surface area contributed by atoms with Gasteiger partial charge in [0.05, 0.1) is 27.9 Å². The van der Waals surface area contributed by atoms with E-state index in [1.807, 2.05) is 0 Å². The summed E-state index contributed by atoms with van der Waals surface area (Å²) in [5, 5.41) is 6.67. The summed E-state index contributed by atoms with van der Waals surface area (Å²) in [5.41, 5.74) is 1.34. The minimum atomic E-state index is -0.440. The highest BCUT2D eigenvalue weighted by Crippen LogP contribution is 2.20. The molecule has 0 saturated carbocycles. The van der Waals surface area contributed by atoms with Crippen LogP contribution in [0.3, 0.4) is 0 Å². The molecule has 100 valence electrons. The molecular weight excluding hydrogens is 327 g/mol. The number of aromatic nitrogens is 3. The van der Waals surface area contributed by atoms with E-state index in [-0.39, 0.29) is 5.91 Å². The average Bonchev–Trinajstić information content (AvgIpc) is 2.87. The van der Waals surface area contributed by atoms with E-state index in [4.69, 9.17) is 0 Å². The number of carbonyl (C=O) groups excluding carboxylic acids is 1. The third-order valence-corrected chi connectivity index (χ3v) is 3.39. The number of amides is 1. The summed E-state index contributed by atoms with van der Waals surface area (Å²) in [6, 6.07) is 4.38. The lowest BCUT2D eigenvalue weighted by Crippen LogP contribution is -2.11. The van der Waals surface area contributed by atoms with Crippen molar-refractivity contribution in [2.24, 2.45) is 0 Å². The lowest BCUT2D eigenvalue weighted by Gasteiger charge is -2.04. The number of nitrogens with one attached hydrogen (secondary N) is 1. The minimum Gasteiger partial charge on any atom is -0.322 e. The van der Waals surface area contributed by atoms with Gasteiger partial charge in [0.25, 0.3) is 5.91 Å². The Morgan fingerprint density at radius 1 is 1.35 bits per heavy atom. The van der Waals surface area contributed by atoms with Gasteiger partial charge in [-0.2, -0.15) is 5.10 Å². The zero-order valence-corrected chi connectivity index (χ0v) is 11.6. The number of carbonyl (C=O) groups is 1. The van der Waals surface area contributed by atoms with Crippen LogP contribution in [0.25, 0.3) is 5.52 Å². The molecule has 1 N–H and O–H groups in total. The van der Waals surface area contributed by atoms with Gasteiger partial charge in [-0.15, -0.1) is 0 Å². The summed E-state index contributed by atoms with van der Waals surface area (Å²) >= 11 is 3.06. The first-order chi connectivity index (χ1) is 9.65. The first-order valence-electron chi connectivity index (χ1n) is 5.69. The van der Waals surface area contributed by atoms with Gasteiger partial charge in [0.15, 0.2) is 0 Å². The van der Waals surface area contributed by atoms with Gasteiger partial charge in [-0.05, 0) is 34.1 Å². The Morgan fingerprint density at radius 3 is 3.00 bits per heavy atom.